The summed E-state index contributed by atoms with van der Waals surface area (Å²) in [6, 6.07) is 14.8. The topological polar surface area (TPSA) is 43.4 Å². The van der Waals surface area contributed by atoms with Crippen LogP contribution >= 0.6 is 23.2 Å². The molecule has 22 heavy (non-hydrogen) atoms. The van der Waals surface area contributed by atoms with Crippen molar-refractivity contribution in [2.45, 2.75) is 12.3 Å². The smallest absolute Gasteiger partial charge is 0.264 e. The van der Waals surface area contributed by atoms with Gasteiger partial charge in [-0.15, -0.1) is 0 Å². The minimum absolute atomic E-state index is 0.0216. The molecular weight excluding hydrogens is 343 g/mol. The van der Waals surface area contributed by atoms with Gasteiger partial charge < -0.3 is 0 Å². The predicted octanol–water partition coefficient (Wildman–Crippen LogP) is 4.30. The van der Waals surface area contributed by atoms with Gasteiger partial charge in [0.15, 0.2) is 0 Å². The molecule has 0 saturated carbocycles. The Bertz CT molecular complexity index is 745. The lowest BCUT2D eigenvalue weighted by Gasteiger charge is -2.19. The molecule has 0 fully saturated rings. The fraction of sp³-hybridized carbons (Fsp3) is 0.250. The van der Waals surface area contributed by atoms with Crippen LogP contribution < -0.4 is 0 Å². The summed E-state index contributed by atoms with van der Waals surface area (Å²) in [6.45, 7) is 0.0216. The molecule has 2 aromatic carbocycles. The molecule has 1 atom stereocenters. The van der Waals surface area contributed by atoms with Crippen LogP contribution in [0.15, 0.2) is 48.5 Å². The van der Waals surface area contributed by atoms with Crippen molar-refractivity contribution >= 4 is 33.3 Å². The Morgan fingerprint density at radius 2 is 1.59 bits per heavy atom. The minimum atomic E-state index is -3.52. The average Bonchev–Trinajstić information content (AvgIpc) is 2.45. The molecule has 2 aromatic rings. The summed E-state index contributed by atoms with van der Waals surface area (Å²) in [5.41, 5.74) is 1.76. The molecule has 0 amide bonds. The highest BCUT2D eigenvalue weighted by molar-refractivity contribution is 7.85. The van der Waals surface area contributed by atoms with E-state index < -0.39 is 10.1 Å². The zero-order chi connectivity index (χ0) is 16.2. The molecule has 0 bridgehead atoms. The van der Waals surface area contributed by atoms with E-state index in [1.165, 1.54) is 0 Å². The standard InChI is InChI=1S/C16H16Cl2O3S/c1-22(19,20)21-11-13(14-7-3-5-9-16(14)18)10-12-6-2-4-8-15(12)17/h2-9,13H,10-11H2,1H3/t13-/m0/s1. The van der Waals surface area contributed by atoms with Crippen LogP contribution in [-0.4, -0.2) is 21.3 Å². The van der Waals surface area contributed by atoms with Crippen molar-refractivity contribution in [2.24, 2.45) is 0 Å². The molecule has 0 unspecified atom stereocenters. The Hall–Kier alpha value is -1.07. The van der Waals surface area contributed by atoms with Crippen LogP contribution in [0, 0.1) is 0 Å². The van der Waals surface area contributed by atoms with Crippen molar-refractivity contribution in [1.82, 2.24) is 0 Å². The molecule has 0 radical (unpaired) electrons. The van der Waals surface area contributed by atoms with Crippen LogP contribution in [0.2, 0.25) is 10.0 Å². The third kappa shape index (κ3) is 4.99. The Balaban J connectivity index is 2.29. The molecule has 2 rings (SSSR count). The molecule has 0 spiro atoms. The normalized spacial score (nSPS) is 13.0. The third-order valence-electron chi connectivity index (χ3n) is 3.25. The summed E-state index contributed by atoms with van der Waals surface area (Å²) in [6.07, 6.45) is 1.57. The van der Waals surface area contributed by atoms with Gasteiger partial charge in [-0.3, -0.25) is 4.18 Å². The van der Waals surface area contributed by atoms with Gasteiger partial charge in [-0.2, -0.15) is 8.42 Å². The number of rotatable bonds is 6. The molecule has 0 aromatic heterocycles. The lowest BCUT2D eigenvalue weighted by molar-refractivity contribution is 0.293. The molecule has 3 nitrogen and oxygen atoms in total. The lowest BCUT2D eigenvalue weighted by atomic mass is 9.92. The molecule has 0 heterocycles. The molecule has 0 aliphatic rings. The summed E-state index contributed by atoms with van der Waals surface area (Å²) in [5.74, 6) is -0.205. The SMILES string of the molecule is CS(=O)(=O)OC[C@H](Cc1ccccc1Cl)c1ccccc1Cl. The zero-order valence-electron chi connectivity index (χ0n) is 12.0. The van der Waals surface area contributed by atoms with E-state index in [0.717, 1.165) is 17.4 Å². The number of hydrogen-bond acceptors (Lipinski definition) is 3. The second kappa shape index (κ2) is 7.47. The van der Waals surface area contributed by atoms with Gasteiger partial charge in [-0.1, -0.05) is 59.6 Å². The monoisotopic (exact) mass is 358 g/mol. The van der Waals surface area contributed by atoms with Gasteiger partial charge >= 0.3 is 0 Å². The van der Waals surface area contributed by atoms with Crippen LogP contribution in [0.1, 0.15) is 17.0 Å². The van der Waals surface area contributed by atoms with Gasteiger partial charge in [0.2, 0.25) is 0 Å². The number of halogens is 2. The van der Waals surface area contributed by atoms with Gasteiger partial charge in [0.05, 0.1) is 12.9 Å². The highest BCUT2D eigenvalue weighted by Crippen LogP contribution is 2.30. The average molecular weight is 359 g/mol. The minimum Gasteiger partial charge on any atom is -0.270 e. The highest BCUT2D eigenvalue weighted by atomic mass is 35.5. The quantitative estimate of drug-likeness (QED) is 0.723. The van der Waals surface area contributed by atoms with Crippen molar-refractivity contribution in [3.05, 3.63) is 69.7 Å². The maximum Gasteiger partial charge on any atom is 0.264 e. The van der Waals surface area contributed by atoms with Gasteiger partial charge in [0, 0.05) is 16.0 Å². The van der Waals surface area contributed by atoms with Crippen LogP contribution in [0.4, 0.5) is 0 Å². The van der Waals surface area contributed by atoms with E-state index in [-0.39, 0.29) is 12.5 Å². The highest BCUT2D eigenvalue weighted by Gasteiger charge is 2.19. The first-order chi connectivity index (χ1) is 10.4. The van der Waals surface area contributed by atoms with Crippen LogP contribution in [0.5, 0.6) is 0 Å². The molecule has 118 valence electrons. The number of benzene rings is 2. The van der Waals surface area contributed by atoms with Crippen LogP contribution in [0.3, 0.4) is 0 Å². The van der Waals surface area contributed by atoms with E-state index in [4.69, 9.17) is 27.4 Å². The molecular formula is C16H16Cl2O3S. The third-order valence-corrected chi connectivity index (χ3v) is 4.53. The largest absolute Gasteiger partial charge is 0.270 e. The van der Waals surface area contributed by atoms with Crippen molar-refractivity contribution in [3.8, 4) is 0 Å². The molecule has 0 aliphatic carbocycles. The first-order valence-electron chi connectivity index (χ1n) is 6.69. The molecule has 6 heteroatoms. The first kappa shape index (κ1) is 17.3. The fourth-order valence-corrected chi connectivity index (χ4v) is 3.11. The van der Waals surface area contributed by atoms with E-state index in [0.29, 0.717) is 16.5 Å². The van der Waals surface area contributed by atoms with Crippen LogP contribution in [0.25, 0.3) is 0 Å². The Morgan fingerprint density at radius 1 is 1.00 bits per heavy atom. The summed E-state index contributed by atoms with van der Waals surface area (Å²) in [4.78, 5) is 0. The second-order valence-corrected chi connectivity index (χ2v) is 7.46. The van der Waals surface area contributed by atoms with Gasteiger partial charge in [-0.05, 0) is 29.7 Å². The van der Waals surface area contributed by atoms with Crippen LogP contribution in [-0.2, 0) is 20.7 Å². The Morgan fingerprint density at radius 3 is 2.18 bits per heavy atom. The lowest BCUT2D eigenvalue weighted by Crippen LogP contribution is -2.15. The predicted molar refractivity (Wildman–Crippen MR) is 90.1 cm³/mol. The summed E-state index contributed by atoms with van der Waals surface area (Å²) >= 11 is 12.4. The molecule has 0 saturated heterocycles. The van der Waals surface area contributed by atoms with E-state index in [2.05, 4.69) is 0 Å². The van der Waals surface area contributed by atoms with E-state index in [9.17, 15) is 8.42 Å². The van der Waals surface area contributed by atoms with Gasteiger partial charge in [0.1, 0.15) is 0 Å². The van der Waals surface area contributed by atoms with E-state index >= 15 is 0 Å². The first-order valence-corrected chi connectivity index (χ1v) is 9.26. The van der Waals surface area contributed by atoms with Crippen molar-refractivity contribution in [2.75, 3.05) is 12.9 Å². The Kier molecular flexibility index (Phi) is 5.87. The summed E-state index contributed by atoms with van der Waals surface area (Å²) in [7, 11) is -3.52. The Labute approximate surface area is 141 Å². The van der Waals surface area contributed by atoms with Crippen molar-refractivity contribution in [1.29, 1.82) is 0 Å². The maximum absolute atomic E-state index is 11.3. The summed E-state index contributed by atoms with van der Waals surface area (Å²) < 4.78 is 27.6. The maximum atomic E-state index is 11.3. The fourth-order valence-electron chi connectivity index (χ4n) is 2.20. The molecule has 0 N–H and O–H groups in total. The van der Waals surface area contributed by atoms with Gasteiger partial charge in [-0.25, -0.2) is 0 Å². The van der Waals surface area contributed by atoms with E-state index in [1.54, 1.807) is 12.1 Å². The van der Waals surface area contributed by atoms with Crippen molar-refractivity contribution < 1.29 is 12.6 Å². The zero-order valence-corrected chi connectivity index (χ0v) is 14.3. The van der Waals surface area contributed by atoms with Gasteiger partial charge in [0.25, 0.3) is 10.1 Å². The molecule has 0 aliphatic heterocycles. The van der Waals surface area contributed by atoms with Crippen molar-refractivity contribution in [3.63, 3.8) is 0 Å². The second-order valence-electron chi connectivity index (χ2n) is 5.00. The number of hydrogen-bond donors (Lipinski definition) is 0. The summed E-state index contributed by atoms with van der Waals surface area (Å²) in [5, 5.41) is 1.22. The van der Waals surface area contributed by atoms with E-state index in [1.807, 2.05) is 36.4 Å².